The van der Waals surface area contributed by atoms with E-state index in [4.69, 9.17) is 21.1 Å². The fraction of sp³-hybridized carbons (Fsp3) is 0.238. The van der Waals surface area contributed by atoms with Crippen LogP contribution in [0.5, 0.6) is 5.75 Å². The summed E-state index contributed by atoms with van der Waals surface area (Å²) in [6, 6.07) is 13.6. The maximum Gasteiger partial charge on any atom is 0.338 e. The second kappa shape index (κ2) is 10.8. The van der Waals surface area contributed by atoms with E-state index in [9.17, 15) is 9.59 Å². The highest BCUT2D eigenvalue weighted by molar-refractivity contribution is 7.99. The minimum Gasteiger partial charge on any atom is -0.486 e. The zero-order valence-electron chi connectivity index (χ0n) is 17.0. The van der Waals surface area contributed by atoms with Gasteiger partial charge in [0, 0.05) is 17.8 Å². The second-order valence-corrected chi connectivity index (χ2v) is 7.72. The van der Waals surface area contributed by atoms with Crippen molar-refractivity contribution in [3.05, 3.63) is 64.9 Å². The number of halogens is 1. The third-order valence-corrected chi connectivity index (χ3v) is 5.37. The molecule has 0 aliphatic heterocycles. The van der Waals surface area contributed by atoms with Crippen molar-refractivity contribution in [2.24, 2.45) is 7.05 Å². The number of carbonyl (C=O) groups is 2. The molecule has 0 saturated carbocycles. The highest BCUT2D eigenvalue weighted by atomic mass is 35.5. The molecule has 0 radical (unpaired) electrons. The lowest BCUT2D eigenvalue weighted by Crippen LogP contribution is -2.15. The molecule has 8 nitrogen and oxygen atoms in total. The molecule has 10 heteroatoms. The van der Waals surface area contributed by atoms with Crippen LogP contribution in [0.4, 0.5) is 5.69 Å². The number of carbonyl (C=O) groups excluding carboxylic acids is 2. The Morgan fingerprint density at radius 2 is 1.94 bits per heavy atom. The van der Waals surface area contributed by atoms with Crippen molar-refractivity contribution in [2.45, 2.75) is 18.7 Å². The fourth-order valence-corrected chi connectivity index (χ4v) is 3.40. The van der Waals surface area contributed by atoms with Gasteiger partial charge in [0.25, 0.3) is 0 Å². The van der Waals surface area contributed by atoms with Gasteiger partial charge < -0.3 is 19.4 Å². The number of nitrogens with zero attached hydrogens (tertiary/aromatic N) is 3. The molecule has 0 fully saturated rings. The first-order valence-electron chi connectivity index (χ1n) is 9.42. The summed E-state index contributed by atoms with van der Waals surface area (Å²) in [4.78, 5) is 24.1. The normalized spacial score (nSPS) is 10.5. The molecule has 1 N–H and O–H groups in total. The van der Waals surface area contributed by atoms with Crippen molar-refractivity contribution in [1.29, 1.82) is 0 Å². The molecule has 1 aromatic heterocycles. The molecule has 0 bridgehead atoms. The van der Waals surface area contributed by atoms with E-state index >= 15 is 0 Å². The lowest BCUT2D eigenvalue weighted by molar-refractivity contribution is -0.113. The molecule has 0 spiro atoms. The van der Waals surface area contributed by atoms with Crippen LogP contribution in [0.2, 0.25) is 5.02 Å². The molecule has 0 atom stereocenters. The molecule has 31 heavy (non-hydrogen) atoms. The molecule has 162 valence electrons. The topological polar surface area (TPSA) is 95.3 Å². The first kappa shape index (κ1) is 22.6. The standard InChI is InChI=1S/C21H21ClN4O4S/c1-3-29-20(28)14-5-4-6-16(11-14)23-19(27)13-31-21-25-24-18(26(21)2)12-30-17-9-7-15(22)8-10-17/h4-11H,3,12-13H2,1-2H3,(H,23,27). The summed E-state index contributed by atoms with van der Waals surface area (Å²) in [5.74, 6) is 0.771. The van der Waals surface area contributed by atoms with Crippen LogP contribution in [0.3, 0.4) is 0 Å². The SMILES string of the molecule is CCOC(=O)c1cccc(NC(=O)CSc2nnc(COc3ccc(Cl)cc3)n2C)c1. The molecule has 0 aliphatic rings. The maximum atomic E-state index is 12.3. The zero-order chi connectivity index (χ0) is 22.2. The smallest absolute Gasteiger partial charge is 0.338 e. The summed E-state index contributed by atoms with van der Waals surface area (Å²) in [5.41, 5.74) is 0.900. The molecule has 2 aromatic carbocycles. The van der Waals surface area contributed by atoms with Gasteiger partial charge in [-0.15, -0.1) is 10.2 Å². The first-order chi connectivity index (χ1) is 15.0. The summed E-state index contributed by atoms with van der Waals surface area (Å²) < 4.78 is 12.4. The third kappa shape index (κ3) is 6.47. The van der Waals surface area contributed by atoms with Gasteiger partial charge in [0.05, 0.1) is 17.9 Å². The number of esters is 1. The van der Waals surface area contributed by atoms with Crippen LogP contribution >= 0.6 is 23.4 Å². The maximum absolute atomic E-state index is 12.3. The van der Waals surface area contributed by atoms with E-state index in [1.54, 1.807) is 60.0 Å². The van der Waals surface area contributed by atoms with E-state index in [1.165, 1.54) is 11.8 Å². The van der Waals surface area contributed by atoms with E-state index in [0.717, 1.165) is 0 Å². The minimum absolute atomic E-state index is 0.133. The van der Waals surface area contributed by atoms with E-state index in [-0.39, 0.29) is 24.9 Å². The molecule has 3 rings (SSSR count). The van der Waals surface area contributed by atoms with E-state index in [0.29, 0.717) is 33.0 Å². The number of ether oxygens (including phenoxy) is 2. The number of aromatic nitrogens is 3. The van der Waals surface area contributed by atoms with Gasteiger partial charge in [-0.1, -0.05) is 29.4 Å². The van der Waals surface area contributed by atoms with Crippen molar-refractivity contribution >= 4 is 40.9 Å². The Morgan fingerprint density at radius 3 is 2.68 bits per heavy atom. The number of hydrogen-bond acceptors (Lipinski definition) is 7. The lowest BCUT2D eigenvalue weighted by atomic mass is 10.2. The van der Waals surface area contributed by atoms with E-state index < -0.39 is 5.97 Å². The van der Waals surface area contributed by atoms with Gasteiger partial charge in [-0.2, -0.15) is 0 Å². The summed E-state index contributed by atoms with van der Waals surface area (Å²) >= 11 is 7.12. The predicted octanol–water partition coefficient (Wildman–Crippen LogP) is 3.96. The summed E-state index contributed by atoms with van der Waals surface area (Å²) in [7, 11) is 1.81. The molecule has 0 unspecified atom stereocenters. The van der Waals surface area contributed by atoms with Crippen LogP contribution in [0, 0.1) is 0 Å². The molecule has 3 aromatic rings. The summed E-state index contributed by atoms with van der Waals surface area (Å²) in [5, 5.41) is 12.2. The Morgan fingerprint density at radius 1 is 1.16 bits per heavy atom. The highest BCUT2D eigenvalue weighted by Crippen LogP contribution is 2.19. The highest BCUT2D eigenvalue weighted by Gasteiger charge is 2.13. The lowest BCUT2D eigenvalue weighted by Gasteiger charge is -2.08. The van der Waals surface area contributed by atoms with Gasteiger partial charge in [0.2, 0.25) is 5.91 Å². The van der Waals surface area contributed by atoms with Gasteiger partial charge in [-0.05, 0) is 49.4 Å². The Hall–Kier alpha value is -3.04. The molecular weight excluding hydrogens is 440 g/mol. The van der Waals surface area contributed by atoms with Gasteiger partial charge in [0.15, 0.2) is 11.0 Å². The average Bonchev–Trinajstić information content (AvgIpc) is 3.11. The Labute approximate surface area is 188 Å². The van der Waals surface area contributed by atoms with E-state index in [1.807, 2.05) is 7.05 Å². The van der Waals surface area contributed by atoms with Crippen molar-refractivity contribution in [3.8, 4) is 5.75 Å². The quantitative estimate of drug-likeness (QED) is 0.381. The molecule has 0 saturated heterocycles. The predicted molar refractivity (Wildman–Crippen MR) is 119 cm³/mol. The summed E-state index contributed by atoms with van der Waals surface area (Å²) in [6.45, 7) is 2.26. The Bertz CT molecular complexity index is 1060. The number of rotatable bonds is 9. The second-order valence-electron chi connectivity index (χ2n) is 6.34. The van der Waals surface area contributed by atoms with Crippen LogP contribution in [0.15, 0.2) is 53.7 Å². The van der Waals surface area contributed by atoms with Crippen LogP contribution in [-0.4, -0.2) is 39.0 Å². The van der Waals surface area contributed by atoms with Crippen LogP contribution < -0.4 is 10.1 Å². The monoisotopic (exact) mass is 460 g/mol. The molecule has 0 aliphatic carbocycles. The number of benzene rings is 2. The Balaban J connectivity index is 1.52. The van der Waals surface area contributed by atoms with E-state index in [2.05, 4.69) is 15.5 Å². The molecule has 1 amide bonds. The number of thioether (sulfide) groups is 1. The van der Waals surface area contributed by atoms with Crippen LogP contribution in [0.25, 0.3) is 0 Å². The van der Waals surface area contributed by atoms with Gasteiger partial charge >= 0.3 is 5.97 Å². The van der Waals surface area contributed by atoms with Crippen LogP contribution in [-0.2, 0) is 23.2 Å². The van der Waals surface area contributed by atoms with Crippen molar-refractivity contribution < 1.29 is 19.1 Å². The largest absolute Gasteiger partial charge is 0.486 e. The number of anilines is 1. The van der Waals surface area contributed by atoms with Crippen molar-refractivity contribution in [1.82, 2.24) is 14.8 Å². The number of hydrogen-bond donors (Lipinski definition) is 1. The average molecular weight is 461 g/mol. The fourth-order valence-electron chi connectivity index (χ4n) is 2.54. The molecular formula is C21H21ClN4O4S. The molecule has 1 heterocycles. The Kier molecular flexibility index (Phi) is 7.91. The minimum atomic E-state index is -0.430. The zero-order valence-corrected chi connectivity index (χ0v) is 18.6. The third-order valence-electron chi connectivity index (χ3n) is 4.10. The van der Waals surface area contributed by atoms with Gasteiger partial charge in [-0.25, -0.2) is 4.79 Å². The van der Waals surface area contributed by atoms with Crippen molar-refractivity contribution in [2.75, 3.05) is 17.7 Å². The van der Waals surface area contributed by atoms with Gasteiger partial charge in [-0.3, -0.25) is 4.79 Å². The van der Waals surface area contributed by atoms with Crippen LogP contribution in [0.1, 0.15) is 23.1 Å². The number of amides is 1. The van der Waals surface area contributed by atoms with Crippen molar-refractivity contribution in [3.63, 3.8) is 0 Å². The number of nitrogens with one attached hydrogen (secondary N) is 1. The first-order valence-corrected chi connectivity index (χ1v) is 10.8. The summed E-state index contributed by atoms with van der Waals surface area (Å²) in [6.07, 6.45) is 0. The van der Waals surface area contributed by atoms with Gasteiger partial charge in [0.1, 0.15) is 12.4 Å².